The second-order valence-electron chi connectivity index (χ2n) is 5.20. The van der Waals surface area contributed by atoms with Crippen LogP contribution >= 0.6 is 0 Å². The standard InChI is InChI=1S/C17H21N3O/c1-11-5-8-15(12(2)9-11)20(4)16-10-13(18)6-7-14(16)17(21)19-3/h5-10H,18H2,1-4H3,(H,19,21). The average Bonchev–Trinajstić information content (AvgIpc) is 2.45. The van der Waals surface area contributed by atoms with Crippen molar-refractivity contribution in [3.05, 3.63) is 53.1 Å². The largest absolute Gasteiger partial charge is 0.399 e. The highest BCUT2D eigenvalue weighted by Crippen LogP contribution is 2.31. The van der Waals surface area contributed by atoms with Crippen molar-refractivity contribution < 1.29 is 4.79 Å². The molecule has 0 atom stereocenters. The molecular weight excluding hydrogens is 262 g/mol. The predicted molar refractivity (Wildman–Crippen MR) is 88.2 cm³/mol. The van der Waals surface area contributed by atoms with Gasteiger partial charge in [0.2, 0.25) is 0 Å². The third-order valence-corrected chi connectivity index (χ3v) is 3.57. The molecule has 2 rings (SSSR count). The third-order valence-electron chi connectivity index (χ3n) is 3.57. The fourth-order valence-electron chi connectivity index (χ4n) is 2.46. The van der Waals surface area contributed by atoms with E-state index >= 15 is 0 Å². The predicted octanol–water partition coefficient (Wildman–Crippen LogP) is 3.01. The van der Waals surface area contributed by atoms with E-state index < -0.39 is 0 Å². The summed E-state index contributed by atoms with van der Waals surface area (Å²) < 4.78 is 0. The van der Waals surface area contributed by atoms with E-state index in [1.165, 1.54) is 5.56 Å². The van der Waals surface area contributed by atoms with Crippen molar-refractivity contribution in [2.75, 3.05) is 24.7 Å². The first-order valence-electron chi connectivity index (χ1n) is 6.86. The van der Waals surface area contributed by atoms with Gasteiger partial charge in [-0.1, -0.05) is 17.7 Å². The van der Waals surface area contributed by atoms with Crippen LogP contribution in [0.1, 0.15) is 21.5 Å². The maximum absolute atomic E-state index is 12.0. The number of benzene rings is 2. The Kier molecular flexibility index (Phi) is 4.17. The first kappa shape index (κ1) is 14.9. The van der Waals surface area contributed by atoms with Crippen LogP contribution in [0.5, 0.6) is 0 Å². The summed E-state index contributed by atoms with van der Waals surface area (Å²) in [6, 6.07) is 11.6. The van der Waals surface area contributed by atoms with E-state index in [1.807, 2.05) is 18.0 Å². The Balaban J connectivity index is 2.54. The zero-order chi connectivity index (χ0) is 15.6. The van der Waals surface area contributed by atoms with Gasteiger partial charge in [0.25, 0.3) is 5.91 Å². The van der Waals surface area contributed by atoms with E-state index in [4.69, 9.17) is 5.73 Å². The number of carbonyl (C=O) groups is 1. The van der Waals surface area contributed by atoms with Crippen molar-refractivity contribution in [1.29, 1.82) is 0 Å². The number of nitrogen functional groups attached to an aromatic ring is 1. The average molecular weight is 283 g/mol. The van der Waals surface area contributed by atoms with E-state index in [2.05, 4.69) is 37.4 Å². The van der Waals surface area contributed by atoms with Crippen LogP contribution in [0.4, 0.5) is 17.1 Å². The van der Waals surface area contributed by atoms with E-state index in [0.717, 1.165) is 16.9 Å². The number of nitrogens with two attached hydrogens (primary N) is 1. The minimum Gasteiger partial charge on any atom is -0.399 e. The van der Waals surface area contributed by atoms with Crippen LogP contribution < -0.4 is 16.0 Å². The van der Waals surface area contributed by atoms with Crippen LogP contribution in [0.2, 0.25) is 0 Å². The molecule has 0 aliphatic heterocycles. The number of hydrogen-bond acceptors (Lipinski definition) is 3. The van der Waals surface area contributed by atoms with E-state index in [1.54, 1.807) is 19.2 Å². The van der Waals surface area contributed by atoms with Crippen LogP contribution in [-0.2, 0) is 0 Å². The smallest absolute Gasteiger partial charge is 0.253 e. The maximum atomic E-state index is 12.0. The molecule has 2 aromatic carbocycles. The van der Waals surface area contributed by atoms with Gasteiger partial charge in [-0.3, -0.25) is 4.79 Å². The molecule has 0 saturated carbocycles. The number of carbonyl (C=O) groups excluding carboxylic acids is 1. The fourth-order valence-corrected chi connectivity index (χ4v) is 2.46. The Morgan fingerprint density at radius 2 is 1.81 bits per heavy atom. The van der Waals surface area contributed by atoms with E-state index in [0.29, 0.717) is 11.3 Å². The van der Waals surface area contributed by atoms with E-state index in [-0.39, 0.29) is 5.91 Å². The molecule has 110 valence electrons. The molecule has 0 aliphatic rings. The molecule has 0 bridgehead atoms. The summed E-state index contributed by atoms with van der Waals surface area (Å²) in [5.74, 6) is -0.124. The zero-order valence-corrected chi connectivity index (χ0v) is 12.9. The second-order valence-corrected chi connectivity index (χ2v) is 5.20. The molecule has 0 saturated heterocycles. The van der Waals surface area contributed by atoms with Gasteiger partial charge in [0.05, 0.1) is 11.3 Å². The number of hydrogen-bond donors (Lipinski definition) is 2. The molecular formula is C17H21N3O. The summed E-state index contributed by atoms with van der Waals surface area (Å²) >= 11 is 0. The van der Waals surface area contributed by atoms with Gasteiger partial charge in [0.15, 0.2) is 0 Å². The quantitative estimate of drug-likeness (QED) is 0.851. The van der Waals surface area contributed by atoms with Crippen molar-refractivity contribution in [3.8, 4) is 0 Å². The number of aryl methyl sites for hydroxylation is 2. The highest BCUT2D eigenvalue weighted by atomic mass is 16.1. The lowest BCUT2D eigenvalue weighted by Crippen LogP contribution is -2.22. The van der Waals surface area contributed by atoms with Gasteiger partial charge in [-0.2, -0.15) is 0 Å². The van der Waals surface area contributed by atoms with Crippen molar-refractivity contribution in [2.24, 2.45) is 0 Å². The molecule has 4 nitrogen and oxygen atoms in total. The van der Waals surface area contributed by atoms with Gasteiger partial charge < -0.3 is 16.0 Å². The zero-order valence-electron chi connectivity index (χ0n) is 12.9. The molecule has 21 heavy (non-hydrogen) atoms. The third kappa shape index (κ3) is 2.99. The monoisotopic (exact) mass is 283 g/mol. The van der Waals surface area contributed by atoms with Crippen LogP contribution in [-0.4, -0.2) is 20.0 Å². The molecule has 1 amide bonds. The topological polar surface area (TPSA) is 58.4 Å². The molecule has 4 heteroatoms. The van der Waals surface area contributed by atoms with Crippen LogP contribution in [0, 0.1) is 13.8 Å². The summed E-state index contributed by atoms with van der Waals surface area (Å²) in [6.45, 7) is 4.12. The molecule has 0 heterocycles. The van der Waals surface area contributed by atoms with E-state index in [9.17, 15) is 4.79 Å². The lowest BCUT2D eigenvalue weighted by molar-refractivity contribution is 0.0963. The molecule has 0 aromatic heterocycles. The molecule has 2 aromatic rings. The van der Waals surface area contributed by atoms with Crippen LogP contribution in [0.3, 0.4) is 0 Å². The molecule has 0 unspecified atom stereocenters. The summed E-state index contributed by atoms with van der Waals surface area (Å²) in [5, 5.41) is 2.66. The highest BCUT2D eigenvalue weighted by Gasteiger charge is 2.16. The molecule has 0 fully saturated rings. The van der Waals surface area contributed by atoms with Crippen LogP contribution in [0.15, 0.2) is 36.4 Å². The van der Waals surface area contributed by atoms with Gasteiger partial charge in [0.1, 0.15) is 0 Å². The highest BCUT2D eigenvalue weighted by molar-refractivity contribution is 6.01. The Hall–Kier alpha value is -2.49. The van der Waals surface area contributed by atoms with Gasteiger partial charge in [0, 0.05) is 25.5 Å². The maximum Gasteiger partial charge on any atom is 0.253 e. The summed E-state index contributed by atoms with van der Waals surface area (Å²) in [5.41, 5.74) is 11.3. The Morgan fingerprint density at radius 1 is 1.10 bits per heavy atom. The normalized spacial score (nSPS) is 10.3. The second kappa shape index (κ2) is 5.87. The van der Waals surface area contributed by atoms with Gasteiger partial charge >= 0.3 is 0 Å². The molecule has 0 aliphatic carbocycles. The number of anilines is 3. The minimum absolute atomic E-state index is 0.124. The number of nitrogens with zero attached hydrogens (tertiary/aromatic N) is 1. The Labute approximate surface area is 125 Å². The van der Waals surface area contributed by atoms with Gasteiger partial charge in [-0.25, -0.2) is 0 Å². The molecule has 0 radical (unpaired) electrons. The van der Waals surface area contributed by atoms with Crippen molar-refractivity contribution >= 4 is 23.0 Å². The fraction of sp³-hybridized carbons (Fsp3) is 0.235. The molecule has 3 N–H and O–H groups in total. The van der Waals surface area contributed by atoms with Crippen molar-refractivity contribution in [3.63, 3.8) is 0 Å². The lowest BCUT2D eigenvalue weighted by Gasteiger charge is -2.24. The number of amides is 1. The van der Waals surface area contributed by atoms with Gasteiger partial charge in [-0.15, -0.1) is 0 Å². The van der Waals surface area contributed by atoms with Crippen molar-refractivity contribution in [1.82, 2.24) is 5.32 Å². The lowest BCUT2D eigenvalue weighted by atomic mass is 10.1. The minimum atomic E-state index is -0.124. The Morgan fingerprint density at radius 3 is 2.43 bits per heavy atom. The van der Waals surface area contributed by atoms with Crippen molar-refractivity contribution in [2.45, 2.75) is 13.8 Å². The Bertz CT molecular complexity index is 680. The first-order valence-corrected chi connectivity index (χ1v) is 6.86. The summed E-state index contributed by atoms with van der Waals surface area (Å²) in [7, 11) is 3.57. The number of nitrogens with one attached hydrogen (secondary N) is 1. The van der Waals surface area contributed by atoms with Crippen LogP contribution in [0.25, 0.3) is 0 Å². The number of rotatable bonds is 3. The summed E-state index contributed by atoms with van der Waals surface area (Å²) in [6.07, 6.45) is 0. The first-order chi connectivity index (χ1) is 9.93. The molecule has 0 spiro atoms. The SMILES string of the molecule is CNC(=O)c1ccc(N)cc1N(C)c1ccc(C)cc1C. The summed E-state index contributed by atoms with van der Waals surface area (Å²) in [4.78, 5) is 14.0. The van der Waals surface area contributed by atoms with Gasteiger partial charge in [-0.05, 0) is 43.7 Å².